The summed E-state index contributed by atoms with van der Waals surface area (Å²) >= 11 is 0. The van der Waals surface area contributed by atoms with Crippen LogP contribution in [0.5, 0.6) is 0 Å². The molecule has 0 aromatic heterocycles. The van der Waals surface area contributed by atoms with E-state index < -0.39 is 42.8 Å². The fraction of sp³-hybridized carbons (Fsp3) is 0.464. The molecule has 0 fully saturated rings. The third-order valence-corrected chi connectivity index (χ3v) is 7.06. The number of anilines is 1. The van der Waals surface area contributed by atoms with Gasteiger partial charge in [0.2, 0.25) is 17.7 Å². The summed E-state index contributed by atoms with van der Waals surface area (Å²) in [6.45, 7) is 1.48. The second-order valence-corrected chi connectivity index (χ2v) is 10.3. The Morgan fingerprint density at radius 3 is 2.35 bits per heavy atom. The first-order chi connectivity index (χ1) is 20.4. The molecule has 3 amide bonds. The second kappa shape index (κ2) is 15.8. The number of fused-ring (bicyclic) bond motifs is 1. The van der Waals surface area contributed by atoms with Gasteiger partial charge in [-0.2, -0.15) is 13.2 Å². The summed E-state index contributed by atoms with van der Waals surface area (Å²) in [5.74, 6) is -1.64. The van der Waals surface area contributed by atoms with Crippen LogP contribution in [0.2, 0.25) is 0 Å². The highest BCUT2D eigenvalue weighted by molar-refractivity contribution is 6.60. The van der Waals surface area contributed by atoms with Crippen molar-refractivity contribution in [1.82, 2.24) is 10.2 Å². The molecule has 1 aliphatic heterocycles. The van der Waals surface area contributed by atoms with Gasteiger partial charge in [-0.1, -0.05) is 18.2 Å². The Labute approximate surface area is 248 Å². The maximum absolute atomic E-state index is 13.4. The van der Waals surface area contributed by atoms with Crippen LogP contribution in [0.3, 0.4) is 0 Å². The van der Waals surface area contributed by atoms with Gasteiger partial charge in [0.05, 0.1) is 11.6 Å². The number of amides is 3. The molecule has 2 aromatic rings. The molecule has 2 aromatic carbocycles. The maximum atomic E-state index is 13.4. The van der Waals surface area contributed by atoms with E-state index in [1.807, 2.05) is 0 Å². The molecule has 15 heteroatoms. The molecule has 1 aliphatic rings. The molecule has 0 saturated carbocycles. The lowest BCUT2D eigenvalue weighted by molar-refractivity contribution is -0.137. The van der Waals surface area contributed by atoms with Gasteiger partial charge in [-0.05, 0) is 60.1 Å². The average Bonchev–Trinajstić information content (AvgIpc) is 3.15. The molecule has 3 rings (SSSR count). The molecule has 1 heterocycles. The van der Waals surface area contributed by atoms with Crippen molar-refractivity contribution in [3.05, 3.63) is 59.2 Å². The number of halogens is 3. The summed E-state index contributed by atoms with van der Waals surface area (Å²) in [6.07, 6.45) is -3.34. The third kappa shape index (κ3) is 10.0. The van der Waals surface area contributed by atoms with Crippen LogP contribution in [0.1, 0.15) is 36.0 Å². The SMILES string of the molecule is NCCN(CCN)C(=O)CCC(N)C(=O)NC(Cc1ccc(C(F)(F)F)cc1)C(=O)Nc1ccc2c(c1)B(O)OCCC2. The van der Waals surface area contributed by atoms with Gasteiger partial charge >= 0.3 is 13.3 Å². The molecule has 234 valence electrons. The van der Waals surface area contributed by atoms with E-state index in [-0.39, 0.29) is 38.3 Å². The predicted molar refractivity (Wildman–Crippen MR) is 156 cm³/mol. The molecule has 11 nitrogen and oxygen atoms in total. The van der Waals surface area contributed by atoms with E-state index in [0.717, 1.165) is 24.1 Å². The lowest BCUT2D eigenvalue weighted by Gasteiger charge is -2.23. The molecule has 0 spiro atoms. The zero-order valence-corrected chi connectivity index (χ0v) is 23.7. The molecule has 0 aliphatic carbocycles. The normalized spacial score (nSPS) is 14.7. The van der Waals surface area contributed by atoms with Crippen molar-refractivity contribution >= 4 is 36.0 Å². The Kier molecular flexibility index (Phi) is 12.5. The minimum Gasteiger partial charge on any atom is -0.423 e. The van der Waals surface area contributed by atoms with Crippen molar-refractivity contribution < 1.29 is 37.2 Å². The zero-order chi connectivity index (χ0) is 31.6. The number of nitrogens with one attached hydrogen (secondary N) is 2. The minimum atomic E-state index is -4.53. The lowest BCUT2D eigenvalue weighted by Crippen LogP contribution is -2.51. The lowest BCUT2D eigenvalue weighted by atomic mass is 9.76. The number of carbonyl (C=O) groups is 3. The number of nitrogens with zero attached hydrogens (tertiary/aromatic N) is 1. The highest BCUT2D eigenvalue weighted by Crippen LogP contribution is 2.29. The second-order valence-electron chi connectivity index (χ2n) is 10.3. The van der Waals surface area contributed by atoms with Crippen molar-refractivity contribution in [3.8, 4) is 0 Å². The molecule has 0 bridgehead atoms. The summed E-state index contributed by atoms with van der Waals surface area (Å²) in [7, 11) is -1.16. The topological polar surface area (TPSA) is 186 Å². The fourth-order valence-electron chi connectivity index (χ4n) is 4.70. The summed E-state index contributed by atoms with van der Waals surface area (Å²) in [6, 6.07) is 6.86. The number of alkyl halides is 3. The largest absolute Gasteiger partial charge is 0.491 e. The molecule has 2 atom stereocenters. The zero-order valence-electron chi connectivity index (χ0n) is 23.7. The van der Waals surface area contributed by atoms with Crippen molar-refractivity contribution in [2.24, 2.45) is 17.2 Å². The van der Waals surface area contributed by atoms with Crippen LogP contribution in [0.4, 0.5) is 18.9 Å². The molecular formula is C28H38BF3N6O5. The number of hydrogen-bond donors (Lipinski definition) is 6. The summed E-state index contributed by atoms with van der Waals surface area (Å²) < 4.78 is 44.5. The highest BCUT2D eigenvalue weighted by atomic mass is 19.4. The highest BCUT2D eigenvalue weighted by Gasteiger charge is 2.31. The van der Waals surface area contributed by atoms with Crippen molar-refractivity contribution in [1.29, 1.82) is 0 Å². The van der Waals surface area contributed by atoms with Gasteiger partial charge in [0.25, 0.3) is 0 Å². The molecule has 9 N–H and O–H groups in total. The number of rotatable bonds is 13. The van der Waals surface area contributed by atoms with Crippen LogP contribution in [0.15, 0.2) is 42.5 Å². The molecule has 0 saturated heterocycles. The number of hydrogen-bond acceptors (Lipinski definition) is 8. The Balaban J connectivity index is 1.75. The standard InChI is InChI=1S/C28H38BF3N6O5/c30-28(31,32)20-6-3-18(4-7-20)16-24(37-26(40)23(35)9-10-25(39)38(13-11-33)14-12-34)27(41)36-21-8-5-19-2-1-15-43-29(42)22(19)17-21/h3-8,17,23-24,42H,1-2,9-16,33-35H2,(H,36,41)(H,37,40). The number of benzene rings is 2. The third-order valence-electron chi connectivity index (χ3n) is 7.06. The average molecular weight is 606 g/mol. The number of aryl methyl sites for hydroxylation is 1. The summed E-state index contributed by atoms with van der Waals surface area (Å²) in [5, 5.41) is 15.6. The van der Waals surface area contributed by atoms with Gasteiger partial charge in [-0.15, -0.1) is 0 Å². The van der Waals surface area contributed by atoms with Gasteiger partial charge in [0.1, 0.15) is 6.04 Å². The molecular weight excluding hydrogens is 568 g/mol. The van der Waals surface area contributed by atoms with E-state index in [1.54, 1.807) is 18.2 Å². The van der Waals surface area contributed by atoms with Crippen molar-refractivity contribution in [3.63, 3.8) is 0 Å². The number of carbonyl (C=O) groups excluding carboxylic acids is 3. The van der Waals surface area contributed by atoms with Crippen molar-refractivity contribution in [2.75, 3.05) is 38.1 Å². The monoisotopic (exact) mass is 606 g/mol. The smallest absolute Gasteiger partial charge is 0.423 e. The molecule has 2 unspecified atom stereocenters. The van der Waals surface area contributed by atoms with Crippen LogP contribution < -0.4 is 33.3 Å². The van der Waals surface area contributed by atoms with Crippen LogP contribution >= 0.6 is 0 Å². The van der Waals surface area contributed by atoms with E-state index in [2.05, 4.69) is 10.6 Å². The van der Waals surface area contributed by atoms with Gasteiger partial charge in [-0.25, -0.2) is 0 Å². The van der Waals surface area contributed by atoms with Gasteiger partial charge < -0.3 is 42.4 Å². The fourth-order valence-corrected chi connectivity index (χ4v) is 4.70. The Morgan fingerprint density at radius 1 is 1.05 bits per heavy atom. The Hall–Kier alpha value is -3.50. The van der Waals surface area contributed by atoms with Crippen LogP contribution in [-0.4, -0.2) is 79.6 Å². The van der Waals surface area contributed by atoms with E-state index in [4.69, 9.17) is 21.9 Å². The van der Waals surface area contributed by atoms with Crippen LogP contribution in [0.25, 0.3) is 0 Å². The van der Waals surface area contributed by atoms with Crippen molar-refractivity contribution in [2.45, 2.75) is 50.4 Å². The predicted octanol–water partition coefficient (Wildman–Crippen LogP) is -0.125. The van der Waals surface area contributed by atoms with Gasteiger partial charge in [-0.3, -0.25) is 14.4 Å². The van der Waals surface area contributed by atoms with E-state index >= 15 is 0 Å². The first-order valence-corrected chi connectivity index (χ1v) is 14.1. The first-order valence-electron chi connectivity index (χ1n) is 14.1. The Bertz CT molecular complexity index is 1240. The minimum absolute atomic E-state index is 0.0202. The number of nitrogens with two attached hydrogens (primary N) is 3. The molecule has 0 radical (unpaired) electrons. The Morgan fingerprint density at radius 2 is 1.72 bits per heavy atom. The van der Waals surface area contributed by atoms with Crippen LogP contribution in [0, 0.1) is 0 Å². The van der Waals surface area contributed by atoms with Crippen LogP contribution in [-0.2, 0) is 38.1 Å². The van der Waals surface area contributed by atoms with Gasteiger partial charge in [0, 0.05) is 51.3 Å². The van der Waals surface area contributed by atoms with Gasteiger partial charge in [0.15, 0.2) is 0 Å². The van der Waals surface area contributed by atoms with E-state index in [1.165, 1.54) is 17.0 Å². The quantitative estimate of drug-likeness (QED) is 0.170. The molecule has 43 heavy (non-hydrogen) atoms. The first kappa shape index (κ1) is 34.0. The van der Waals surface area contributed by atoms with E-state index in [0.29, 0.717) is 42.8 Å². The summed E-state index contributed by atoms with van der Waals surface area (Å²) in [4.78, 5) is 40.4. The van der Waals surface area contributed by atoms with E-state index in [9.17, 15) is 32.6 Å². The maximum Gasteiger partial charge on any atom is 0.491 e. The summed E-state index contributed by atoms with van der Waals surface area (Å²) in [5.41, 5.74) is 18.4.